The van der Waals surface area contributed by atoms with E-state index >= 15 is 0 Å². The van der Waals surface area contributed by atoms with E-state index in [0.29, 0.717) is 10.7 Å². The Kier molecular flexibility index (Phi) is 3.72. The van der Waals surface area contributed by atoms with Gasteiger partial charge >= 0.3 is 0 Å². The monoisotopic (exact) mass is 261 g/mol. The van der Waals surface area contributed by atoms with Crippen LogP contribution in [0, 0.1) is 6.92 Å². The highest BCUT2D eigenvalue weighted by Crippen LogP contribution is 2.31. The standard InChI is InChI=1S/C14H16ClN3/c1-3-18(13-7-5-4-6-10(13)2)14-12(16)8-11(15)9-17-14/h4-9H,3,16H2,1-2H3. The molecule has 0 radical (unpaired) electrons. The molecule has 94 valence electrons. The molecule has 1 aromatic heterocycles. The van der Waals surface area contributed by atoms with E-state index in [9.17, 15) is 0 Å². The average molecular weight is 262 g/mol. The van der Waals surface area contributed by atoms with Crippen molar-refractivity contribution >= 4 is 28.8 Å². The van der Waals surface area contributed by atoms with Crippen molar-refractivity contribution in [1.29, 1.82) is 0 Å². The van der Waals surface area contributed by atoms with E-state index in [0.717, 1.165) is 18.1 Å². The van der Waals surface area contributed by atoms with Crippen LogP contribution in [0.5, 0.6) is 0 Å². The normalized spacial score (nSPS) is 10.4. The van der Waals surface area contributed by atoms with Gasteiger partial charge in [-0.15, -0.1) is 0 Å². The van der Waals surface area contributed by atoms with Crippen molar-refractivity contribution in [3.63, 3.8) is 0 Å². The third kappa shape index (κ3) is 2.41. The van der Waals surface area contributed by atoms with Crippen LogP contribution in [-0.2, 0) is 0 Å². The number of halogens is 1. The highest BCUT2D eigenvalue weighted by atomic mass is 35.5. The number of hydrogen-bond acceptors (Lipinski definition) is 3. The number of benzene rings is 1. The van der Waals surface area contributed by atoms with Crippen molar-refractivity contribution < 1.29 is 0 Å². The predicted molar refractivity (Wildman–Crippen MR) is 77.5 cm³/mol. The first-order chi connectivity index (χ1) is 8.63. The molecule has 0 fully saturated rings. The number of rotatable bonds is 3. The van der Waals surface area contributed by atoms with Gasteiger partial charge in [-0.05, 0) is 31.5 Å². The number of hydrogen-bond donors (Lipinski definition) is 1. The summed E-state index contributed by atoms with van der Waals surface area (Å²) in [5.74, 6) is 0.746. The molecule has 0 amide bonds. The molecule has 0 aliphatic rings. The molecule has 2 rings (SSSR count). The van der Waals surface area contributed by atoms with Gasteiger partial charge in [0.25, 0.3) is 0 Å². The number of pyridine rings is 1. The summed E-state index contributed by atoms with van der Waals surface area (Å²) in [5.41, 5.74) is 8.89. The molecule has 0 saturated carbocycles. The number of nitrogens with two attached hydrogens (primary N) is 1. The van der Waals surface area contributed by atoms with Crippen molar-refractivity contribution in [3.8, 4) is 0 Å². The van der Waals surface area contributed by atoms with Gasteiger partial charge in [0.1, 0.15) is 0 Å². The second-order valence-corrected chi connectivity index (χ2v) is 4.53. The van der Waals surface area contributed by atoms with Gasteiger partial charge < -0.3 is 10.6 Å². The van der Waals surface area contributed by atoms with E-state index in [2.05, 4.69) is 35.9 Å². The SMILES string of the molecule is CCN(c1ccccc1C)c1ncc(Cl)cc1N. The van der Waals surface area contributed by atoms with Crippen LogP contribution in [0.3, 0.4) is 0 Å². The lowest BCUT2D eigenvalue weighted by Crippen LogP contribution is -2.19. The highest BCUT2D eigenvalue weighted by molar-refractivity contribution is 6.30. The molecule has 2 aromatic rings. The van der Waals surface area contributed by atoms with Gasteiger partial charge in [0.15, 0.2) is 5.82 Å². The fraction of sp³-hybridized carbons (Fsp3) is 0.214. The van der Waals surface area contributed by atoms with Crippen molar-refractivity contribution in [1.82, 2.24) is 4.98 Å². The molecule has 0 saturated heterocycles. The number of nitrogen functional groups attached to an aromatic ring is 1. The molecule has 1 aromatic carbocycles. The zero-order chi connectivity index (χ0) is 13.1. The predicted octanol–water partition coefficient (Wildman–Crippen LogP) is 3.78. The molecule has 2 N–H and O–H groups in total. The molecular weight excluding hydrogens is 246 g/mol. The van der Waals surface area contributed by atoms with Gasteiger partial charge in [0.2, 0.25) is 0 Å². The smallest absolute Gasteiger partial charge is 0.156 e. The molecule has 3 nitrogen and oxygen atoms in total. The van der Waals surface area contributed by atoms with E-state index in [1.807, 2.05) is 12.1 Å². The molecule has 0 bridgehead atoms. The number of nitrogens with zero attached hydrogens (tertiary/aromatic N) is 2. The average Bonchev–Trinajstić information content (AvgIpc) is 2.34. The zero-order valence-electron chi connectivity index (χ0n) is 10.5. The van der Waals surface area contributed by atoms with Crippen molar-refractivity contribution in [2.45, 2.75) is 13.8 Å². The van der Waals surface area contributed by atoms with E-state index in [1.54, 1.807) is 12.3 Å². The van der Waals surface area contributed by atoms with Crippen LogP contribution < -0.4 is 10.6 Å². The quantitative estimate of drug-likeness (QED) is 0.914. The Bertz CT molecular complexity index is 554. The molecule has 0 atom stereocenters. The molecule has 4 heteroatoms. The second kappa shape index (κ2) is 5.27. The lowest BCUT2D eigenvalue weighted by Gasteiger charge is -2.25. The van der Waals surface area contributed by atoms with Gasteiger partial charge in [0.05, 0.1) is 10.7 Å². The van der Waals surface area contributed by atoms with Crippen LogP contribution in [0.15, 0.2) is 36.5 Å². The molecule has 0 spiro atoms. The zero-order valence-corrected chi connectivity index (χ0v) is 11.3. The van der Waals surface area contributed by atoms with Crippen LogP contribution in [0.4, 0.5) is 17.2 Å². The van der Waals surface area contributed by atoms with Gasteiger partial charge in [0, 0.05) is 18.4 Å². The minimum atomic E-state index is 0.553. The molecule has 0 aliphatic heterocycles. The van der Waals surface area contributed by atoms with Crippen LogP contribution in [0.25, 0.3) is 0 Å². The highest BCUT2D eigenvalue weighted by Gasteiger charge is 2.13. The largest absolute Gasteiger partial charge is 0.396 e. The van der Waals surface area contributed by atoms with Gasteiger partial charge in [-0.25, -0.2) is 4.98 Å². The summed E-state index contributed by atoms with van der Waals surface area (Å²) in [4.78, 5) is 6.42. The minimum absolute atomic E-state index is 0.553. The summed E-state index contributed by atoms with van der Waals surface area (Å²) in [7, 11) is 0. The van der Waals surface area contributed by atoms with E-state index in [4.69, 9.17) is 17.3 Å². The summed E-state index contributed by atoms with van der Waals surface area (Å²) >= 11 is 5.88. The number of anilines is 3. The Morgan fingerprint density at radius 2 is 2.06 bits per heavy atom. The minimum Gasteiger partial charge on any atom is -0.396 e. The van der Waals surface area contributed by atoms with Crippen LogP contribution in [-0.4, -0.2) is 11.5 Å². The summed E-state index contributed by atoms with van der Waals surface area (Å²) in [6.07, 6.45) is 1.62. The van der Waals surface area contributed by atoms with Crippen LogP contribution in [0.2, 0.25) is 5.02 Å². The maximum absolute atomic E-state index is 6.00. The lowest BCUT2D eigenvalue weighted by atomic mass is 10.1. The maximum atomic E-state index is 6.00. The fourth-order valence-corrected chi connectivity index (χ4v) is 2.14. The Morgan fingerprint density at radius 3 is 2.67 bits per heavy atom. The maximum Gasteiger partial charge on any atom is 0.156 e. The third-order valence-electron chi connectivity index (χ3n) is 2.84. The summed E-state index contributed by atoms with van der Waals surface area (Å²) in [5, 5.41) is 0.553. The van der Waals surface area contributed by atoms with Gasteiger partial charge in [-0.1, -0.05) is 29.8 Å². The topological polar surface area (TPSA) is 42.2 Å². The molecule has 1 heterocycles. The van der Waals surface area contributed by atoms with E-state index in [1.165, 1.54) is 5.56 Å². The molecule has 0 aliphatic carbocycles. The van der Waals surface area contributed by atoms with Gasteiger partial charge in [-0.3, -0.25) is 0 Å². The first-order valence-electron chi connectivity index (χ1n) is 5.87. The first-order valence-corrected chi connectivity index (χ1v) is 6.25. The van der Waals surface area contributed by atoms with Crippen molar-refractivity contribution in [2.24, 2.45) is 0 Å². The number of para-hydroxylation sites is 1. The third-order valence-corrected chi connectivity index (χ3v) is 3.05. The van der Waals surface area contributed by atoms with Gasteiger partial charge in [-0.2, -0.15) is 0 Å². The Balaban J connectivity index is 2.49. The molecule has 18 heavy (non-hydrogen) atoms. The Labute approximate surface area is 112 Å². The summed E-state index contributed by atoms with van der Waals surface area (Å²) in [6.45, 7) is 4.94. The number of aryl methyl sites for hydroxylation is 1. The van der Waals surface area contributed by atoms with Crippen LogP contribution >= 0.6 is 11.6 Å². The van der Waals surface area contributed by atoms with Crippen molar-refractivity contribution in [2.75, 3.05) is 17.2 Å². The lowest BCUT2D eigenvalue weighted by molar-refractivity contribution is 0.985. The summed E-state index contributed by atoms with van der Waals surface area (Å²) < 4.78 is 0. The molecule has 0 unspecified atom stereocenters. The Hall–Kier alpha value is -1.74. The Morgan fingerprint density at radius 1 is 1.33 bits per heavy atom. The number of aromatic nitrogens is 1. The molecular formula is C14H16ClN3. The second-order valence-electron chi connectivity index (χ2n) is 4.10. The fourth-order valence-electron chi connectivity index (χ4n) is 1.97. The summed E-state index contributed by atoms with van der Waals surface area (Å²) in [6, 6.07) is 9.89. The van der Waals surface area contributed by atoms with E-state index < -0.39 is 0 Å². The van der Waals surface area contributed by atoms with Crippen molar-refractivity contribution in [3.05, 3.63) is 47.1 Å². The van der Waals surface area contributed by atoms with Crippen LogP contribution in [0.1, 0.15) is 12.5 Å². The van der Waals surface area contributed by atoms with E-state index in [-0.39, 0.29) is 0 Å². The first kappa shape index (κ1) is 12.7.